The number of rotatable bonds is 3. The third-order valence-electron chi connectivity index (χ3n) is 5.43. The summed E-state index contributed by atoms with van der Waals surface area (Å²) >= 11 is 0. The lowest BCUT2D eigenvalue weighted by molar-refractivity contribution is -0.137. The van der Waals surface area contributed by atoms with Gasteiger partial charge in [0.05, 0.1) is 18.7 Å². The number of halogens is 4. The van der Waals surface area contributed by atoms with Gasteiger partial charge in [-0.25, -0.2) is 0 Å². The summed E-state index contributed by atoms with van der Waals surface area (Å²) in [5.41, 5.74) is -0.0986. The number of likely N-dealkylation sites (tertiary alicyclic amines) is 1. The van der Waals surface area contributed by atoms with Crippen LogP contribution in [-0.4, -0.2) is 69.2 Å². The largest absolute Gasteiger partial charge is 0.416 e. The van der Waals surface area contributed by atoms with Gasteiger partial charge in [-0.05, 0) is 50.0 Å². The van der Waals surface area contributed by atoms with Crippen LogP contribution in [0.25, 0.3) is 0 Å². The molecule has 5 nitrogen and oxygen atoms in total. The molecule has 0 aliphatic carbocycles. The number of aliphatic imine (C=N–C) groups is 1. The minimum atomic E-state index is -4.35. The first kappa shape index (κ1) is 24.2. The SMILES string of the molecule is CN=C(NCC1CCCN(C)C1)N1CCOC(c2cccc(C(F)(F)F)c2)C1.I. The highest BCUT2D eigenvalue weighted by Crippen LogP contribution is 2.32. The summed E-state index contributed by atoms with van der Waals surface area (Å²) in [4.78, 5) is 8.80. The second-order valence-corrected chi connectivity index (χ2v) is 7.63. The molecule has 1 aromatic carbocycles. The Kier molecular flexibility index (Phi) is 9.02. The van der Waals surface area contributed by atoms with Crippen molar-refractivity contribution in [2.75, 3.05) is 53.4 Å². The molecule has 0 spiro atoms. The van der Waals surface area contributed by atoms with Crippen LogP contribution in [0.5, 0.6) is 0 Å². The first-order chi connectivity index (χ1) is 13.4. The van der Waals surface area contributed by atoms with E-state index >= 15 is 0 Å². The average molecular weight is 526 g/mol. The maximum atomic E-state index is 13.0. The molecular weight excluding hydrogens is 496 g/mol. The van der Waals surface area contributed by atoms with E-state index in [-0.39, 0.29) is 24.0 Å². The molecule has 0 radical (unpaired) electrons. The third kappa shape index (κ3) is 6.71. The minimum absolute atomic E-state index is 0. The quantitative estimate of drug-likeness (QED) is 0.371. The van der Waals surface area contributed by atoms with Gasteiger partial charge < -0.3 is 19.9 Å². The lowest BCUT2D eigenvalue weighted by atomic mass is 9.98. The molecule has 0 bridgehead atoms. The summed E-state index contributed by atoms with van der Waals surface area (Å²) in [6.07, 6.45) is -2.36. The molecule has 0 amide bonds. The molecule has 164 valence electrons. The maximum absolute atomic E-state index is 13.0. The summed E-state index contributed by atoms with van der Waals surface area (Å²) < 4.78 is 44.8. The highest BCUT2D eigenvalue weighted by molar-refractivity contribution is 14.0. The number of alkyl halides is 3. The fraction of sp³-hybridized carbons (Fsp3) is 0.650. The van der Waals surface area contributed by atoms with Gasteiger partial charge in [0.2, 0.25) is 0 Å². The summed E-state index contributed by atoms with van der Waals surface area (Å²) in [5, 5.41) is 3.45. The van der Waals surface area contributed by atoms with Gasteiger partial charge in [-0.15, -0.1) is 24.0 Å². The molecule has 0 aromatic heterocycles. The highest BCUT2D eigenvalue weighted by Gasteiger charge is 2.32. The number of nitrogens with one attached hydrogen (secondary N) is 1. The van der Waals surface area contributed by atoms with Crippen LogP contribution < -0.4 is 5.32 Å². The average Bonchev–Trinajstić information content (AvgIpc) is 2.68. The fourth-order valence-corrected chi connectivity index (χ4v) is 3.97. The Hall–Kier alpha value is -1.07. The normalized spacial score (nSPS) is 24.2. The molecule has 2 aliphatic heterocycles. The van der Waals surface area contributed by atoms with Crippen LogP contribution >= 0.6 is 24.0 Å². The van der Waals surface area contributed by atoms with E-state index in [0.29, 0.717) is 31.2 Å². The van der Waals surface area contributed by atoms with Crippen molar-refractivity contribution >= 4 is 29.9 Å². The summed E-state index contributed by atoms with van der Waals surface area (Å²) in [5.74, 6) is 1.37. The first-order valence-electron chi connectivity index (χ1n) is 9.79. The second kappa shape index (κ2) is 10.8. The van der Waals surface area contributed by atoms with E-state index in [1.807, 2.05) is 0 Å². The van der Waals surface area contributed by atoms with Crippen molar-refractivity contribution < 1.29 is 17.9 Å². The minimum Gasteiger partial charge on any atom is -0.370 e. The lowest BCUT2D eigenvalue weighted by Gasteiger charge is -2.36. The summed E-state index contributed by atoms with van der Waals surface area (Å²) in [6, 6.07) is 5.40. The van der Waals surface area contributed by atoms with Gasteiger partial charge in [-0.3, -0.25) is 4.99 Å². The predicted molar refractivity (Wildman–Crippen MR) is 119 cm³/mol. The number of piperidine rings is 1. The Labute approximate surface area is 187 Å². The molecule has 3 rings (SSSR count). The molecule has 2 saturated heterocycles. The number of hydrogen-bond acceptors (Lipinski definition) is 3. The zero-order valence-corrected chi connectivity index (χ0v) is 19.2. The molecule has 2 heterocycles. The standard InChI is InChI=1S/C20H29F3N4O.HI/c1-24-19(25-12-15-5-4-8-26(2)13-15)27-9-10-28-18(14-27)16-6-3-7-17(11-16)20(21,22)23;/h3,6-7,11,15,18H,4-5,8-10,12-14H2,1-2H3,(H,24,25);1H. The second-order valence-electron chi connectivity index (χ2n) is 7.63. The van der Waals surface area contributed by atoms with Crippen molar-refractivity contribution in [2.45, 2.75) is 25.1 Å². The Morgan fingerprint density at radius 1 is 1.28 bits per heavy atom. The maximum Gasteiger partial charge on any atom is 0.416 e. The zero-order chi connectivity index (χ0) is 20.1. The Morgan fingerprint density at radius 2 is 2.07 bits per heavy atom. The zero-order valence-electron chi connectivity index (χ0n) is 16.9. The van der Waals surface area contributed by atoms with Crippen LogP contribution in [-0.2, 0) is 10.9 Å². The molecule has 2 unspecified atom stereocenters. The van der Waals surface area contributed by atoms with E-state index in [1.165, 1.54) is 25.0 Å². The topological polar surface area (TPSA) is 40.1 Å². The molecule has 2 aliphatic rings. The van der Waals surface area contributed by atoms with Gasteiger partial charge in [0, 0.05) is 26.7 Å². The van der Waals surface area contributed by atoms with Crippen molar-refractivity contribution in [3.8, 4) is 0 Å². The molecular formula is C20H30F3IN4O. The molecule has 1 aromatic rings. The van der Waals surface area contributed by atoms with Crippen LogP contribution in [0.1, 0.15) is 30.1 Å². The van der Waals surface area contributed by atoms with Crippen molar-refractivity contribution in [3.63, 3.8) is 0 Å². The predicted octanol–water partition coefficient (Wildman–Crippen LogP) is 3.61. The van der Waals surface area contributed by atoms with Crippen LogP contribution in [0.4, 0.5) is 13.2 Å². The van der Waals surface area contributed by atoms with Crippen LogP contribution in [0.2, 0.25) is 0 Å². The van der Waals surface area contributed by atoms with E-state index in [4.69, 9.17) is 4.74 Å². The molecule has 29 heavy (non-hydrogen) atoms. The molecule has 0 saturated carbocycles. The number of morpholine rings is 1. The number of benzene rings is 1. The summed E-state index contributed by atoms with van der Waals surface area (Å²) in [7, 11) is 3.88. The Morgan fingerprint density at radius 3 is 2.76 bits per heavy atom. The van der Waals surface area contributed by atoms with E-state index in [2.05, 4.69) is 27.2 Å². The van der Waals surface area contributed by atoms with E-state index in [0.717, 1.165) is 31.7 Å². The van der Waals surface area contributed by atoms with Crippen molar-refractivity contribution in [3.05, 3.63) is 35.4 Å². The van der Waals surface area contributed by atoms with Crippen LogP contribution in [0.15, 0.2) is 29.3 Å². The van der Waals surface area contributed by atoms with Gasteiger partial charge in [0.15, 0.2) is 5.96 Å². The van der Waals surface area contributed by atoms with E-state index in [1.54, 1.807) is 13.1 Å². The number of hydrogen-bond donors (Lipinski definition) is 1. The van der Waals surface area contributed by atoms with Crippen molar-refractivity contribution in [2.24, 2.45) is 10.9 Å². The number of ether oxygens (including phenoxy) is 1. The highest BCUT2D eigenvalue weighted by atomic mass is 127. The lowest BCUT2D eigenvalue weighted by Crippen LogP contribution is -2.50. The van der Waals surface area contributed by atoms with Crippen molar-refractivity contribution in [1.82, 2.24) is 15.1 Å². The third-order valence-corrected chi connectivity index (χ3v) is 5.43. The molecule has 2 atom stereocenters. The van der Waals surface area contributed by atoms with Crippen LogP contribution in [0.3, 0.4) is 0 Å². The molecule has 9 heteroatoms. The van der Waals surface area contributed by atoms with Gasteiger partial charge in [0.1, 0.15) is 6.10 Å². The Bertz CT molecular complexity index is 686. The summed E-state index contributed by atoms with van der Waals surface area (Å²) in [6.45, 7) is 4.66. The first-order valence-corrected chi connectivity index (χ1v) is 9.79. The molecule has 2 fully saturated rings. The van der Waals surface area contributed by atoms with Gasteiger partial charge in [0.25, 0.3) is 0 Å². The van der Waals surface area contributed by atoms with Gasteiger partial charge in [-0.2, -0.15) is 13.2 Å². The molecule has 1 N–H and O–H groups in total. The number of guanidine groups is 1. The van der Waals surface area contributed by atoms with Gasteiger partial charge in [-0.1, -0.05) is 12.1 Å². The Balaban J connectivity index is 0.00000300. The van der Waals surface area contributed by atoms with E-state index in [9.17, 15) is 13.2 Å². The monoisotopic (exact) mass is 526 g/mol. The van der Waals surface area contributed by atoms with Crippen molar-refractivity contribution in [1.29, 1.82) is 0 Å². The van der Waals surface area contributed by atoms with E-state index < -0.39 is 17.8 Å². The van der Waals surface area contributed by atoms with Crippen LogP contribution in [0, 0.1) is 5.92 Å². The smallest absolute Gasteiger partial charge is 0.370 e. The van der Waals surface area contributed by atoms with Gasteiger partial charge >= 0.3 is 6.18 Å². The number of nitrogens with zero attached hydrogens (tertiary/aromatic N) is 3. The fourth-order valence-electron chi connectivity index (χ4n) is 3.97.